The van der Waals surface area contributed by atoms with Gasteiger partial charge in [-0.3, -0.25) is 19.8 Å². The first-order valence-electron chi connectivity index (χ1n) is 13.0. The van der Waals surface area contributed by atoms with Crippen LogP contribution in [0.2, 0.25) is 0 Å². The maximum absolute atomic E-state index is 13.3. The number of rotatable bonds is 5. The summed E-state index contributed by atoms with van der Waals surface area (Å²) >= 11 is 0. The second kappa shape index (κ2) is 9.97. The number of carbonyl (C=O) groups excluding carboxylic acids is 2. The molecule has 0 aliphatic carbocycles. The van der Waals surface area contributed by atoms with Crippen molar-refractivity contribution in [3.05, 3.63) is 65.3 Å². The highest BCUT2D eigenvalue weighted by atomic mass is 16.5. The molecule has 0 radical (unpaired) electrons. The van der Waals surface area contributed by atoms with Crippen molar-refractivity contribution in [2.24, 2.45) is 4.99 Å². The fourth-order valence-corrected chi connectivity index (χ4v) is 5.51. The standard InChI is InChI=1S/C27H32N8O3/c1-18-4-6-20(7-5-18)35-17-22(25-28-10-3-11-34(25)35)26(36)29-24-14-23(30-31-24)19-8-12-32(13-9-19)21-15-33(16-21)27(37)38-2/h3-7,10-11,14,19,21H,8-9,12-13,15-17H2,1-2H3,(H2,29,30,31,36). The topological polar surface area (TPSA) is 109 Å². The van der Waals surface area contributed by atoms with Crippen LogP contribution in [0.3, 0.4) is 0 Å². The van der Waals surface area contributed by atoms with Crippen LogP contribution in [-0.4, -0.2) is 89.1 Å². The van der Waals surface area contributed by atoms with Gasteiger partial charge >= 0.3 is 6.09 Å². The molecule has 38 heavy (non-hydrogen) atoms. The first-order valence-corrected chi connectivity index (χ1v) is 13.0. The number of hydrogen-bond acceptors (Lipinski definition) is 8. The van der Waals surface area contributed by atoms with Gasteiger partial charge in [0.1, 0.15) is 5.82 Å². The molecule has 6 rings (SSSR count). The van der Waals surface area contributed by atoms with Crippen molar-refractivity contribution in [3.8, 4) is 0 Å². The number of H-pyrrole nitrogens is 1. The molecule has 11 heteroatoms. The van der Waals surface area contributed by atoms with E-state index in [9.17, 15) is 9.59 Å². The molecule has 0 bridgehead atoms. The number of benzene rings is 1. The molecule has 2 saturated heterocycles. The number of aromatic amines is 1. The molecule has 2 N–H and O–H groups in total. The number of likely N-dealkylation sites (tertiary alicyclic amines) is 2. The van der Waals surface area contributed by atoms with Crippen LogP contribution in [0.4, 0.5) is 16.3 Å². The third-order valence-electron chi connectivity index (χ3n) is 7.78. The van der Waals surface area contributed by atoms with Gasteiger partial charge in [-0.1, -0.05) is 17.7 Å². The minimum Gasteiger partial charge on any atom is -0.453 e. The smallest absolute Gasteiger partial charge is 0.409 e. The van der Waals surface area contributed by atoms with E-state index in [1.165, 1.54) is 12.7 Å². The Morgan fingerprint density at radius 2 is 1.89 bits per heavy atom. The first-order chi connectivity index (χ1) is 18.5. The average Bonchev–Trinajstić information content (AvgIpc) is 3.54. The second-order valence-electron chi connectivity index (χ2n) is 10.2. The Hall–Kier alpha value is -4.12. The van der Waals surface area contributed by atoms with E-state index in [0.717, 1.165) is 50.4 Å². The van der Waals surface area contributed by atoms with E-state index in [-0.39, 0.29) is 12.0 Å². The summed E-state index contributed by atoms with van der Waals surface area (Å²) in [5.74, 6) is 1.35. The maximum atomic E-state index is 13.3. The van der Waals surface area contributed by atoms with E-state index in [2.05, 4.69) is 44.5 Å². The number of aryl methyl sites for hydroxylation is 1. The van der Waals surface area contributed by atoms with Crippen LogP contribution in [0.1, 0.15) is 30.0 Å². The number of allylic oxidation sites excluding steroid dienone is 1. The van der Waals surface area contributed by atoms with Gasteiger partial charge in [-0.15, -0.1) is 0 Å². The van der Waals surface area contributed by atoms with Crippen molar-refractivity contribution in [2.75, 3.05) is 50.2 Å². The molecular weight excluding hydrogens is 484 g/mol. The van der Waals surface area contributed by atoms with Gasteiger partial charge in [0.2, 0.25) is 0 Å². The lowest BCUT2D eigenvalue weighted by molar-refractivity contribution is -0.112. The summed E-state index contributed by atoms with van der Waals surface area (Å²) in [5.41, 5.74) is 3.74. The Morgan fingerprint density at radius 3 is 2.63 bits per heavy atom. The summed E-state index contributed by atoms with van der Waals surface area (Å²) in [6.45, 7) is 5.85. The van der Waals surface area contributed by atoms with Crippen molar-refractivity contribution in [1.29, 1.82) is 0 Å². The minimum atomic E-state index is -0.251. The van der Waals surface area contributed by atoms with E-state index < -0.39 is 0 Å². The Labute approximate surface area is 221 Å². The van der Waals surface area contributed by atoms with Gasteiger partial charge in [0.25, 0.3) is 5.91 Å². The number of carbonyl (C=O) groups is 2. The maximum Gasteiger partial charge on any atom is 0.409 e. The molecule has 0 atom stereocenters. The minimum absolute atomic E-state index is 0.197. The SMILES string of the molecule is COC(=O)N1CC(N2CCC(c3cc(NC(=O)C4=C5N=CC=CN5N(c5ccc(C)cc5)C4)[nH]n3)CC2)C1. The van der Waals surface area contributed by atoms with Crippen LogP contribution in [0.25, 0.3) is 0 Å². The summed E-state index contributed by atoms with van der Waals surface area (Å²) < 4.78 is 4.79. The van der Waals surface area contributed by atoms with Crippen molar-refractivity contribution in [2.45, 2.75) is 31.7 Å². The number of aromatic nitrogens is 2. The molecule has 1 aromatic heterocycles. The lowest BCUT2D eigenvalue weighted by Crippen LogP contribution is -2.62. The van der Waals surface area contributed by atoms with Crippen molar-refractivity contribution >= 4 is 29.7 Å². The fourth-order valence-electron chi connectivity index (χ4n) is 5.51. The number of methoxy groups -OCH3 is 1. The largest absolute Gasteiger partial charge is 0.453 e. The molecule has 11 nitrogen and oxygen atoms in total. The number of ether oxygens (including phenoxy) is 1. The molecule has 1 aromatic carbocycles. The summed E-state index contributed by atoms with van der Waals surface area (Å²) in [5, 5.41) is 14.5. The van der Waals surface area contributed by atoms with E-state index in [0.29, 0.717) is 35.7 Å². The highest BCUT2D eigenvalue weighted by Gasteiger charge is 2.37. The number of hydrogen-bond donors (Lipinski definition) is 2. The number of amides is 2. The van der Waals surface area contributed by atoms with Crippen LogP contribution in [-0.2, 0) is 9.53 Å². The number of hydrazine groups is 1. The predicted octanol–water partition coefficient (Wildman–Crippen LogP) is 2.83. The van der Waals surface area contributed by atoms with Crippen LogP contribution in [0.5, 0.6) is 0 Å². The molecule has 0 spiro atoms. The lowest BCUT2D eigenvalue weighted by atomic mass is 9.92. The van der Waals surface area contributed by atoms with Gasteiger partial charge in [-0.05, 0) is 51.1 Å². The predicted molar refractivity (Wildman–Crippen MR) is 144 cm³/mol. The lowest BCUT2D eigenvalue weighted by Gasteiger charge is -2.46. The number of aliphatic imine (C=N–C) groups is 1. The molecular formula is C27H32N8O3. The molecule has 2 amide bonds. The first kappa shape index (κ1) is 24.2. The second-order valence-corrected chi connectivity index (χ2v) is 10.2. The normalized spacial score (nSPS) is 20.1. The van der Waals surface area contributed by atoms with Crippen molar-refractivity contribution < 1.29 is 14.3 Å². The van der Waals surface area contributed by atoms with E-state index in [4.69, 9.17) is 4.74 Å². The van der Waals surface area contributed by atoms with E-state index in [1.54, 1.807) is 11.1 Å². The summed E-state index contributed by atoms with van der Waals surface area (Å²) in [4.78, 5) is 33.6. The zero-order chi connectivity index (χ0) is 26.2. The van der Waals surface area contributed by atoms with Crippen LogP contribution >= 0.6 is 0 Å². The number of fused-ring (bicyclic) bond motifs is 1. The van der Waals surface area contributed by atoms with Gasteiger partial charge < -0.3 is 15.0 Å². The Balaban J connectivity index is 1.06. The molecule has 4 aliphatic rings. The average molecular weight is 517 g/mol. The summed E-state index contributed by atoms with van der Waals surface area (Å²) in [7, 11) is 1.42. The third-order valence-corrected chi connectivity index (χ3v) is 7.78. The van der Waals surface area contributed by atoms with Gasteiger partial charge in [-0.25, -0.2) is 14.8 Å². The van der Waals surface area contributed by atoms with Gasteiger partial charge in [0, 0.05) is 43.5 Å². The number of anilines is 2. The van der Waals surface area contributed by atoms with Crippen molar-refractivity contribution in [3.63, 3.8) is 0 Å². The van der Waals surface area contributed by atoms with Gasteiger partial charge in [-0.2, -0.15) is 5.10 Å². The Bertz CT molecular complexity index is 1300. The molecule has 0 unspecified atom stereocenters. The Kier molecular flexibility index (Phi) is 6.36. The van der Waals surface area contributed by atoms with Gasteiger partial charge in [0.05, 0.1) is 30.6 Å². The van der Waals surface area contributed by atoms with Crippen LogP contribution in [0, 0.1) is 6.92 Å². The molecule has 2 aromatic rings. The van der Waals surface area contributed by atoms with Crippen LogP contribution in [0.15, 0.2) is 59.0 Å². The molecule has 5 heterocycles. The zero-order valence-corrected chi connectivity index (χ0v) is 21.6. The fraction of sp³-hybridized carbons (Fsp3) is 0.407. The molecule has 0 saturated carbocycles. The molecule has 198 valence electrons. The number of piperidine rings is 1. The highest BCUT2D eigenvalue weighted by Crippen LogP contribution is 2.33. The van der Waals surface area contributed by atoms with E-state index in [1.807, 2.05) is 40.5 Å². The zero-order valence-electron chi connectivity index (χ0n) is 21.6. The quantitative estimate of drug-likeness (QED) is 0.629. The number of nitrogens with zero attached hydrogens (tertiary/aromatic N) is 6. The third kappa shape index (κ3) is 4.53. The monoisotopic (exact) mass is 516 g/mol. The van der Waals surface area contributed by atoms with Crippen molar-refractivity contribution in [1.82, 2.24) is 25.0 Å². The summed E-state index contributed by atoms with van der Waals surface area (Å²) in [6, 6.07) is 10.6. The Morgan fingerprint density at radius 1 is 1.13 bits per heavy atom. The number of nitrogens with one attached hydrogen (secondary N) is 2. The summed E-state index contributed by atoms with van der Waals surface area (Å²) in [6.07, 6.45) is 7.21. The van der Waals surface area contributed by atoms with Crippen LogP contribution < -0.4 is 10.3 Å². The molecule has 4 aliphatic heterocycles. The molecule has 2 fully saturated rings. The van der Waals surface area contributed by atoms with E-state index >= 15 is 0 Å². The highest BCUT2D eigenvalue weighted by molar-refractivity contribution is 6.05. The van der Waals surface area contributed by atoms with Gasteiger partial charge in [0.15, 0.2) is 5.82 Å².